The lowest BCUT2D eigenvalue weighted by molar-refractivity contribution is 0.306. The van der Waals surface area contributed by atoms with Crippen molar-refractivity contribution in [3.05, 3.63) is 114 Å². The summed E-state index contributed by atoms with van der Waals surface area (Å²) in [4.78, 5) is 0. The average molecular weight is 390 g/mol. The summed E-state index contributed by atoms with van der Waals surface area (Å²) in [6.07, 6.45) is 0. The van der Waals surface area contributed by atoms with Gasteiger partial charge >= 0.3 is 0 Å². The van der Waals surface area contributed by atoms with Gasteiger partial charge in [0.2, 0.25) is 0 Å². The molecule has 0 saturated carbocycles. The van der Waals surface area contributed by atoms with Crippen LogP contribution in [0.15, 0.2) is 91.0 Å². The second-order valence-electron chi connectivity index (χ2n) is 6.59. The van der Waals surface area contributed by atoms with Crippen LogP contribution in [-0.2, 0) is 6.61 Å². The smallest absolute Gasteiger partial charge is 0.166 e. The Balaban J connectivity index is 1.53. The lowest BCUT2D eigenvalue weighted by Gasteiger charge is -2.10. The molecule has 1 nitrogen and oxygen atoms in total. The van der Waals surface area contributed by atoms with Gasteiger partial charge in [-0.2, -0.15) is 0 Å². The normalized spacial score (nSPS) is 10.7. The number of halogens is 3. The van der Waals surface area contributed by atoms with Crippen molar-refractivity contribution >= 4 is 0 Å². The van der Waals surface area contributed by atoms with Crippen LogP contribution in [0.5, 0.6) is 5.75 Å². The van der Waals surface area contributed by atoms with Gasteiger partial charge in [0.05, 0.1) is 0 Å². The molecule has 0 aliphatic rings. The first-order valence-corrected chi connectivity index (χ1v) is 9.13. The van der Waals surface area contributed by atoms with E-state index in [9.17, 15) is 13.2 Å². The Bertz CT molecular complexity index is 1120. The van der Waals surface area contributed by atoms with E-state index in [1.165, 1.54) is 24.3 Å². The molecule has 4 rings (SSSR count). The molecule has 4 aromatic carbocycles. The SMILES string of the molecule is Fc1cc(-c2ccc(OCc3ccccc3)cc2)ccc1-c1cccc(F)c1F. The third-order valence-electron chi connectivity index (χ3n) is 4.65. The zero-order valence-electron chi connectivity index (χ0n) is 15.4. The molecule has 0 fully saturated rings. The van der Waals surface area contributed by atoms with E-state index in [4.69, 9.17) is 4.74 Å². The summed E-state index contributed by atoms with van der Waals surface area (Å²) < 4.78 is 47.8. The van der Waals surface area contributed by atoms with Gasteiger partial charge in [0.1, 0.15) is 18.2 Å². The van der Waals surface area contributed by atoms with Crippen molar-refractivity contribution in [2.45, 2.75) is 6.61 Å². The van der Waals surface area contributed by atoms with Gasteiger partial charge < -0.3 is 4.74 Å². The summed E-state index contributed by atoms with van der Waals surface area (Å²) in [6.45, 7) is 0.461. The van der Waals surface area contributed by atoms with Crippen LogP contribution >= 0.6 is 0 Å². The van der Waals surface area contributed by atoms with Gasteiger partial charge in [-0.25, -0.2) is 13.2 Å². The first-order valence-electron chi connectivity index (χ1n) is 9.13. The molecule has 29 heavy (non-hydrogen) atoms. The Morgan fingerprint density at radius 2 is 1.31 bits per heavy atom. The fourth-order valence-corrected chi connectivity index (χ4v) is 3.11. The van der Waals surface area contributed by atoms with Crippen molar-refractivity contribution < 1.29 is 17.9 Å². The molecule has 0 saturated heterocycles. The zero-order valence-corrected chi connectivity index (χ0v) is 15.4. The molecule has 0 atom stereocenters. The summed E-state index contributed by atoms with van der Waals surface area (Å²) >= 11 is 0. The first-order chi connectivity index (χ1) is 14.1. The monoisotopic (exact) mass is 390 g/mol. The summed E-state index contributed by atoms with van der Waals surface area (Å²) in [5.41, 5.74) is 2.42. The number of benzene rings is 4. The molecule has 0 spiro atoms. The molecule has 144 valence electrons. The first kappa shape index (κ1) is 18.8. The molecule has 0 amide bonds. The fourth-order valence-electron chi connectivity index (χ4n) is 3.11. The molecule has 0 unspecified atom stereocenters. The van der Waals surface area contributed by atoms with E-state index in [0.717, 1.165) is 17.2 Å². The maximum absolute atomic E-state index is 14.6. The molecule has 0 aliphatic heterocycles. The van der Waals surface area contributed by atoms with Crippen molar-refractivity contribution in [3.63, 3.8) is 0 Å². The Hall–Kier alpha value is -3.53. The van der Waals surface area contributed by atoms with E-state index in [2.05, 4.69) is 0 Å². The second-order valence-corrected chi connectivity index (χ2v) is 6.59. The molecule has 0 aliphatic carbocycles. The minimum Gasteiger partial charge on any atom is -0.489 e. The number of hydrogen-bond donors (Lipinski definition) is 0. The predicted octanol–water partition coefficient (Wildman–Crippen LogP) is 7.02. The predicted molar refractivity (Wildman–Crippen MR) is 108 cm³/mol. The van der Waals surface area contributed by atoms with Crippen LogP contribution in [0.25, 0.3) is 22.3 Å². The van der Waals surface area contributed by atoms with Gasteiger partial charge in [0, 0.05) is 11.1 Å². The number of rotatable bonds is 5. The molecule has 4 heteroatoms. The van der Waals surface area contributed by atoms with Crippen LogP contribution < -0.4 is 4.74 Å². The fraction of sp³-hybridized carbons (Fsp3) is 0.0400. The van der Waals surface area contributed by atoms with E-state index in [0.29, 0.717) is 17.9 Å². The van der Waals surface area contributed by atoms with Crippen LogP contribution in [0, 0.1) is 17.5 Å². The standard InChI is InChI=1S/C25H17F3O/c26-23-8-4-7-22(25(23)28)21-14-11-19(15-24(21)27)18-9-12-20(13-10-18)29-16-17-5-2-1-3-6-17/h1-15H,16H2. The molecule has 0 aromatic heterocycles. The summed E-state index contributed by atoms with van der Waals surface area (Å²) in [5.74, 6) is -1.97. The van der Waals surface area contributed by atoms with Gasteiger partial charge in [-0.3, -0.25) is 0 Å². The van der Waals surface area contributed by atoms with Crippen molar-refractivity contribution in [1.29, 1.82) is 0 Å². The third kappa shape index (κ3) is 4.16. The zero-order chi connectivity index (χ0) is 20.2. The molecule has 0 heterocycles. The lowest BCUT2D eigenvalue weighted by Crippen LogP contribution is -1.95. The topological polar surface area (TPSA) is 9.23 Å². The van der Waals surface area contributed by atoms with Gasteiger partial charge in [-0.05, 0) is 41.0 Å². The Morgan fingerprint density at radius 1 is 0.586 bits per heavy atom. The van der Waals surface area contributed by atoms with Crippen molar-refractivity contribution in [3.8, 4) is 28.0 Å². The summed E-state index contributed by atoms with van der Waals surface area (Å²) in [5, 5.41) is 0. The van der Waals surface area contributed by atoms with Gasteiger partial charge in [0.15, 0.2) is 11.6 Å². The maximum Gasteiger partial charge on any atom is 0.166 e. The molecule has 0 bridgehead atoms. The largest absolute Gasteiger partial charge is 0.489 e. The van der Waals surface area contributed by atoms with Gasteiger partial charge in [-0.15, -0.1) is 0 Å². The number of ether oxygens (including phenoxy) is 1. The minimum atomic E-state index is -1.06. The maximum atomic E-state index is 14.6. The Kier molecular flexibility index (Phi) is 5.34. The number of hydrogen-bond acceptors (Lipinski definition) is 1. The highest BCUT2D eigenvalue weighted by molar-refractivity contribution is 5.71. The van der Waals surface area contributed by atoms with Crippen molar-refractivity contribution in [1.82, 2.24) is 0 Å². The molecular weight excluding hydrogens is 373 g/mol. The average Bonchev–Trinajstić information content (AvgIpc) is 2.76. The van der Waals surface area contributed by atoms with Crippen molar-refractivity contribution in [2.24, 2.45) is 0 Å². The molecule has 0 N–H and O–H groups in total. The minimum absolute atomic E-state index is 0.0218. The Labute approximate surface area is 167 Å². The van der Waals surface area contributed by atoms with Gasteiger partial charge in [-0.1, -0.05) is 66.7 Å². The lowest BCUT2D eigenvalue weighted by atomic mass is 9.99. The van der Waals surface area contributed by atoms with E-state index in [-0.39, 0.29) is 11.1 Å². The quantitative estimate of drug-likeness (QED) is 0.356. The van der Waals surface area contributed by atoms with Crippen molar-refractivity contribution in [2.75, 3.05) is 0 Å². The van der Waals surface area contributed by atoms with Crippen LogP contribution in [0.3, 0.4) is 0 Å². The third-order valence-corrected chi connectivity index (χ3v) is 4.65. The van der Waals surface area contributed by atoms with E-state index < -0.39 is 17.5 Å². The molecule has 0 radical (unpaired) electrons. The van der Waals surface area contributed by atoms with E-state index in [1.54, 1.807) is 6.07 Å². The second kappa shape index (κ2) is 8.23. The highest BCUT2D eigenvalue weighted by Gasteiger charge is 2.14. The van der Waals surface area contributed by atoms with Gasteiger partial charge in [0.25, 0.3) is 0 Å². The van der Waals surface area contributed by atoms with Crippen LogP contribution in [-0.4, -0.2) is 0 Å². The van der Waals surface area contributed by atoms with E-state index >= 15 is 0 Å². The highest BCUT2D eigenvalue weighted by Crippen LogP contribution is 2.31. The molecular formula is C25H17F3O. The van der Waals surface area contributed by atoms with Crippen LogP contribution in [0.1, 0.15) is 5.56 Å². The summed E-state index contributed by atoms with van der Waals surface area (Å²) in [7, 11) is 0. The summed E-state index contributed by atoms with van der Waals surface area (Å²) in [6, 6.07) is 25.3. The molecule has 4 aromatic rings. The Morgan fingerprint density at radius 3 is 2.03 bits per heavy atom. The van der Waals surface area contributed by atoms with E-state index in [1.807, 2.05) is 54.6 Å². The van der Waals surface area contributed by atoms with Crippen LogP contribution in [0.4, 0.5) is 13.2 Å². The van der Waals surface area contributed by atoms with Crippen LogP contribution in [0.2, 0.25) is 0 Å². The highest BCUT2D eigenvalue weighted by atomic mass is 19.2.